The Kier molecular flexibility index (Phi) is 2.51. The SMILES string of the molecule is COC(=O)c1cc(C)c(N)cc1F. The lowest BCUT2D eigenvalue weighted by Crippen LogP contribution is -2.06. The molecule has 3 nitrogen and oxygen atoms in total. The predicted molar refractivity (Wildman–Crippen MR) is 46.9 cm³/mol. The molecule has 13 heavy (non-hydrogen) atoms. The molecule has 1 aromatic rings. The number of methoxy groups -OCH3 is 1. The van der Waals surface area contributed by atoms with Gasteiger partial charge in [-0.15, -0.1) is 0 Å². The van der Waals surface area contributed by atoms with Gasteiger partial charge in [-0.3, -0.25) is 0 Å². The Balaban J connectivity index is 3.23. The van der Waals surface area contributed by atoms with Crippen LogP contribution in [-0.4, -0.2) is 13.1 Å². The lowest BCUT2D eigenvalue weighted by atomic mass is 10.1. The van der Waals surface area contributed by atoms with E-state index in [9.17, 15) is 9.18 Å². The Morgan fingerprint density at radius 1 is 1.54 bits per heavy atom. The summed E-state index contributed by atoms with van der Waals surface area (Å²) >= 11 is 0. The average Bonchev–Trinajstić information content (AvgIpc) is 2.10. The van der Waals surface area contributed by atoms with Gasteiger partial charge in [-0.05, 0) is 24.6 Å². The van der Waals surface area contributed by atoms with Gasteiger partial charge in [-0.25, -0.2) is 9.18 Å². The van der Waals surface area contributed by atoms with Crippen molar-refractivity contribution < 1.29 is 13.9 Å². The molecule has 0 heterocycles. The average molecular weight is 183 g/mol. The normalized spacial score (nSPS) is 9.77. The van der Waals surface area contributed by atoms with E-state index < -0.39 is 11.8 Å². The zero-order chi connectivity index (χ0) is 10.0. The molecule has 0 aliphatic rings. The Morgan fingerprint density at radius 2 is 2.15 bits per heavy atom. The van der Waals surface area contributed by atoms with Crippen LogP contribution in [0.25, 0.3) is 0 Å². The Morgan fingerprint density at radius 3 is 2.69 bits per heavy atom. The van der Waals surface area contributed by atoms with Crippen molar-refractivity contribution in [2.45, 2.75) is 6.92 Å². The highest BCUT2D eigenvalue weighted by molar-refractivity contribution is 5.90. The molecule has 0 fully saturated rings. The van der Waals surface area contributed by atoms with Crippen molar-refractivity contribution in [3.8, 4) is 0 Å². The van der Waals surface area contributed by atoms with Crippen LogP contribution in [0.5, 0.6) is 0 Å². The summed E-state index contributed by atoms with van der Waals surface area (Å²) in [5.41, 5.74) is 6.33. The van der Waals surface area contributed by atoms with Crippen LogP contribution in [0.4, 0.5) is 10.1 Å². The molecule has 0 bridgehead atoms. The highest BCUT2D eigenvalue weighted by Gasteiger charge is 2.13. The number of rotatable bonds is 1. The molecule has 1 aromatic carbocycles. The molecule has 0 aliphatic heterocycles. The van der Waals surface area contributed by atoms with Gasteiger partial charge in [-0.1, -0.05) is 0 Å². The van der Waals surface area contributed by atoms with Gasteiger partial charge in [0.25, 0.3) is 0 Å². The summed E-state index contributed by atoms with van der Waals surface area (Å²) in [4.78, 5) is 11.0. The van der Waals surface area contributed by atoms with Gasteiger partial charge in [0.1, 0.15) is 5.82 Å². The first-order valence-electron chi connectivity index (χ1n) is 3.70. The number of carbonyl (C=O) groups excluding carboxylic acids is 1. The van der Waals surface area contributed by atoms with E-state index in [4.69, 9.17) is 5.73 Å². The molecule has 2 N–H and O–H groups in total. The number of anilines is 1. The first-order chi connectivity index (χ1) is 6.06. The maximum atomic E-state index is 13.1. The molecule has 1 rings (SSSR count). The first-order valence-corrected chi connectivity index (χ1v) is 3.70. The van der Waals surface area contributed by atoms with Gasteiger partial charge in [0.2, 0.25) is 0 Å². The summed E-state index contributed by atoms with van der Waals surface area (Å²) in [7, 11) is 1.20. The maximum absolute atomic E-state index is 13.1. The summed E-state index contributed by atoms with van der Waals surface area (Å²) in [6.45, 7) is 1.70. The molecule has 0 saturated heterocycles. The number of esters is 1. The molecule has 0 aliphatic carbocycles. The van der Waals surface area contributed by atoms with Gasteiger partial charge < -0.3 is 10.5 Å². The summed E-state index contributed by atoms with van der Waals surface area (Å²) in [6, 6.07) is 2.48. The largest absolute Gasteiger partial charge is 0.465 e. The number of nitrogens with two attached hydrogens (primary N) is 1. The first kappa shape index (κ1) is 9.51. The smallest absolute Gasteiger partial charge is 0.340 e. The fraction of sp³-hybridized carbons (Fsp3) is 0.222. The fourth-order valence-electron chi connectivity index (χ4n) is 0.963. The second-order valence-electron chi connectivity index (χ2n) is 2.68. The molecule has 0 amide bonds. The number of ether oxygens (including phenoxy) is 1. The molecule has 0 unspecified atom stereocenters. The van der Waals surface area contributed by atoms with Crippen molar-refractivity contribution in [3.63, 3.8) is 0 Å². The van der Waals surface area contributed by atoms with Crippen LogP contribution in [0.1, 0.15) is 15.9 Å². The molecular weight excluding hydrogens is 173 g/mol. The summed E-state index contributed by atoms with van der Waals surface area (Å²) in [5.74, 6) is -1.35. The highest BCUT2D eigenvalue weighted by atomic mass is 19.1. The number of hydrogen-bond acceptors (Lipinski definition) is 3. The maximum Gasteiger partial charge on any atom is 0.340 e. The zero-order valence-corrected chi connectivity index (χ0v) is 7.43. The van der Waals surface area contributed by atoms with E-state index in [1.54, 1.807) is 6.92 Å². The van der Waals surface area contributed by atoms with E-state index in [2.05, 4.69) is 4.74 Å². The lowest BCUT2D eigenvalue weighted by molar-refractivity contribution is 0.0595. The van der Waals surface area contributed by atoms with Gasteiger partial charge in [0, 0.05) is 5.69 Å². The van der Waals surface area contributed by atoms with Crippen LogP contribution in [0.2, 0.25) is 0 Å². The second kappa shape index (κ2) is 3.43. The van der Waals surface area contributed by atoms with Gasteiger partial charge in [0.05, 0.1) is 12.7 Å². The van der Waals surface area contributed by atoms with Crippen LogP contribution in [-0.2, 0) is 4.74 Å². The molecule has 0 aromatic heterocycles. The third-order valence-corrected chi connectivity index (χ3v) is 1.76. The van der Waals surface area contributed by atoms with Crippen LogP contribution in [0.15, 0.2) is 12.1 Å². The van der Waals surface area contributed by atoms with E-state index >= 15 is 0 Å². The summed E-state index contributed by atoms with van der Waals surface area (Å²) < 4.78 is 17.5. The van der Waals surface area contributed by atoms with Gasteiger partial charge >= 0.3 is 5.97 Å². The molecular formula is C9H10FNO2. The molecule has 0 spiro atoms. The van der Waals surface area contributed by atoms with E-state index in [0.29, 0.717) is 11.3 Å². The molecule has 4 heteroatoms. The molecule has 0 saturated carbocycles. The molecule has 0 radical (unpaired) electrons. The second-order valence-corrected chi connectivity index (χ2v) is 2.68. The van der Waals surface area contributed by atoms with Crippen molar-refractivity contribution >= 4 is 11.7 Å². The predicted octanol–water partition coefficient (Wildman–Crippen LogP) is 1.50. The monoisotopic (exact) mass is 183 g/mol. The fourth-order valence-corrected chi connectivity index (χ4v) is 0.963. The third-order valence-electron chi connectivity index (χ3n) is 1.76. The van der Waals surface area contributed by atoms with Crippen molar-refractivity contribution in [3.05, 3.63) is 29.1 Å². The number of benzene rings is 1. The van der Waals surface area contributed by atoms with E-state index in [1.807, 2.05) is 0 Å². The van der Waals surface area contributed by atoms with Crippen LogP contribution >= 0.6 is 0 Å². The van der Waals surface area contributed by atoms with Crippen LogP contribution in [0, 0.1) is 12.7 Å². The minimum atomic E-state index is -0.694. The van der Waals surface area contributed by atoms with Crippen LogP contribution < -0.4 is 5.73 Å². The number of hydrogen-bond donors (Lipinski definition) is 1. The molecule has 70 valence electrons. The minimum Gasteiger partial charge on any atom is -0.465 e. The van der Waals surface area contributed by atoms with Crippen molar-refractivity contribution in [2.75, 3.05) is 12.8 Å². The Hall–Kier alpha value is -1.58. The van der Waals surface area contributed by atoms with Crippen molar-refractivity contribution in [2.24, 2.45) is 0 Å². The number of nitrogen functional groups attached to an aromatic ring is 1. The van der Waals surface area contributed by atoms with Crippen molar-refractivity contribution in [1.82, 2.24) is 0 Å². The topological polar surface area (TPSA) is 52.3 Å². The highest BCUT2D eigenvalue weighted by Crippen LogP contribution is 2.17. The van der Waals surface area contributed by atoms with Gasteiger partial charge in [-0.2, -0.15) is 0 Å². The van der Waals surface area contributed by atoms with E-state index in [0.717, 1.165) is 6.07 Å². The zero-order valence-electron chi connectivity index (χ0n) is 7.43. The number of aryl methyl sites for hydroxylation is 1. The Bertz CT molecular complexity index is 350. The van der Waals surface area contributed by atoms with Crippen molar-refractivity contribution in [1.29, 1.82) is 0 Å². The molecule has 0 atom stereocenters. The number of carbonyl (C=O) groups is 1. The summed E-state index contributed by atoms with van der Waals surface area (Å²) in [5, 5.41) is 0. The standard InChI is InChI=1S/C9H10FNO2/c1-5-3-6(9(12)13-2)7(10)4-8(5)11/h3-4H,11H2,1-2H3. The summed E-state index contributed by atoms with van der Waals surface area (Å²) in [6.07, 6.45) is 0. The Labute approximate surface area is 75.3 Å². The van der Waals surface area contributed by atoms with Gasteiger partial charge in [0.15, 0.2) is 0 Å². The lowest BCUT2D eigenvalue weighted by Gasteiger charge is -2.04. The quantitative estimate of drug-likeness (QED) is 0.530. The third kappa shape index (κ3) is 1.77. The van der Waals surface area contributed by atoms with Crippen LogP contribution in [0.3, 0.4) is 0 Å². The minimum absolute atomic E-state index is 0.0887. The van der Waals surface area contributed by atoms with E-state index in [1.165, 1.54) is 13.2 Å². The number of halogens is 1. The van der Waals surface area contributed by atoms with E-state index in [-0.39, 0.29) is 5.56 Å².